The Hall–Kier alpha value is -2.02. The van der Waals surface area contributed by atoms with Gasteiger partial charge in [-0.25, -0.2) is 0 Å². The van der Waals surface area contributed by atoms with Crippen LogP contribution in [-0.2, 0) is 0 Å². The Morgan fingerprint density at radius 2 is 1.60 bits per heavy atom. The lowest BCUT2D eigenvalue weighted by Gasteiger charge is -2.02. The summed E-state index contributed by atoms with van der Waals surface area (Å²) in [6, 6.07) is 17.2. The van der Waals surface area contributed by atoms with Crippen molar-refractivity contribution in [1.29, 1.82) is 0 Å². The lowest BCUT2D eigenvalue weighted by atomic mass is 10.0. The van der Waals surface area contributed by atoms with Crippen LogP contribution in [0.1, 0.15) is 0 Å². The van der Waals surface area contributed by atoms with E-state index >= 15 is 0 Å². The first-order valence-corrected chi connectivity index (χ1v) is 4.86. The summed E-state index contributed by atoms with van der Waals surface area (Å²) < 4.78 is 5.13. The molecule has 1 aliphatic heterocycles. The summed E-state index contributed by atoms with van der Waals surface area (Å²) in [5, 5.41) is 0. The van der Waals surface area contributed by atoms with Gasteiger partial charge >= 0.3 is 0 Å². The first-order chi connectivity index (χ1) is 7.45. The van der Waals surface area contributed by atoms with E-state index in [4.69, 9.17) is 4.42 Å². The molecule has 1 aliphatic carbocycles. The smallest absolute Gasteiger partial charge is 0.0980 e. The van der Waals surface area contributed by atoms with E-state index in [2.05, 4.69) is 30.3 Å². The monoisotopic (exact) mass is 193 g/mol. The van der Waals surface area contributed by atoms with Crippen molar-refractivity contribution in [2.45, 2.75) is 0 Å². The summed E-state index contributed by atoms with van der Waals surface area (Å²) in [5.41, 5.74) is 4.83. The predicted molar refractivity (Wildman–Crippen MR) is 59.6 cm³/mol. The first kappa shape index (κ1) is 8.30. The molecular weight excluding hydrogens is 184 g/mol. The minimum Gasteiger partial charge on any atom is -0.472 e. The highest BCUT2D eigenvalue weighted by Gasteiger charge is 2.10. The van der Waals surface area contributed by atoms with Crippen LogP contribution in [0, 0.1) is 6.07 Å². The second-order valence-electron chi connectivity index (χ2n) is 3.46. The maximum Gasteiger partial charge on any atom is 0.0980 e. The maximum atomic E-state index is 5.13. The van der Waals surface area contributed by atoms with Gasteiger partial charge in [0, 0.05) is 5.56 Å². The van der Waals surface area contributed by atoms with Crippen LogP contribution >= 0.6 is 0 Å². The van der Waals surface area contributed by atoms with E-state index in [9.17, 15) is 0 Å². The molecule has 0 fully saturated rings. The van der Waals surface area contributed by atoms with E-state index in [0.717, 1.165) is 5.56 Å². The van der Waals surface area contributed by atoms with E-state index in [1.165, 1.54) is 16.7 Å². The molecule has 0 amide bonds. The van der Waals surface area contributed by atoms with Gasteiger partial charge in [0.2, 0.25) is 0 Å². The molecule has 1 heterocycles. The van der Waals surface area contributed by atoms with Crippen LogP contribution in [0.15, 0.2) is 59.4 Å². The van der Waals surface area contributed by atoms with Crippen molar-refractivity contribution in [3.63, 3.8) is 0 Å². The normalized spacial score (nSPS) is 10.7. The minimum atomic E-state index is 1.14. The van der Waals surface area contributed by atoms with Crippen molar-refractivity contribution in [3.8, 4) is 22.3 Å². The van der Waals surface area contributed by atoms with Crippen LogP contribution in [0.5, 0.6) is 0 Å². The fourth-order valence-electron chi connectivity index (χ4n) is 1.84. The van der Waals surface area contributed by atoms with Crippen LogP contribution in [0.2, 0.25) is 0 Å². The van der Waals surface area contributed by atoms with E-state index in [1.54, 1.807) is 12.5 Å². The van der Waals surface area contributed by atoms with Gasteiger partial charge < -0.3 is 4.42 Å². The zero-order chi connectivity index (χ0) is 10.1. The first-order valence-electron chi connectivity index (χ1n) is 4.86. The van der Waals surface area contributed by atoms with Gasteiger partial charge in [-0.15, -0.1) is 0 Å². The quantitative estimate of drug-likeness (QED) is 0.572. The number of rotatable bonds is 1. The minimum absolute atomic E-state index is 1.14. The summed E-state index contributed by atoms with van der Waals surface area (Å²) in [4.78, 5) is 0. The van der Waals surface area contributed by atoms with Crippen molar-refractivity contribution in [1.82, 2.24) is 0 Å². The molecular formula is C14H9O. The molecule has 15 heavy (non-hydrogen) atoms. The summed E-state index contributed by atoms with van der Waals surface area (Å²) >= 11 is 0. The third-order valence-electron chi connectivity index (χ3n) is 2.57. The lowest BCUT2D eigenvalue weighted by Crippen LogP contribution is -1.77. The largest absolute Gasteiger partial charge is 0.472 e. The fraction of sp³-hybridized carbons (Fsp3) is 0. The van der Waals surface area contributed by atoms with Crippen molar-refractivity contribution in [2.75, 3.05) is 0 Å². The number of benzene rings is 1. The highest BCUT2D eigenvalue weighted by Crippen LogP contribution is 2.34. The van der Waals surface area contributed by atoms with Crippen LogP contribution < -0.4 is 0 Å². The van der Waals surface area contributed by atoms with Crippen molar-refractivity contribution >= 4 is 0 Å². The Balaban J connectivity index is 2.22. The van der Waals surface area contributed by atoms with E-state index in [-0.39, 0.29) is 0 Å². The zero-order valence-corrected chi connectivity index (χ0v) is 8.10. The standard InChI is InChI=1S/C14H9O/c1-2-4-11(5-3-1)13-7-6-12-10-15-9-8-14(12)13/h2-10H. The van der Waals surface area contributed by atoms with Crippen LogP contribution in [0.4, 0.5) is 0 Å². The SMILES string of the molecule is [c]1ccc(-c2ccc3coccc2-3)cc1. The molecule has 1 radical (unpaired) electrons. The van der Waals surface area contributed by atoms with Gasteiger partial charge in [0.05, 0.1) is 12.5 Å². The number of hydrogen-bond acceptors (Lipinski definition) is 1. The van der Waals surface area contributed by atoms with Crippen LogP contribution in [0.25, 0.3) is 22.3 Å². The highest BCUT2D eigenvalue weighted by atomic mass is 16.3. The molecule has 0 saturated heterocycles. The third kappa shape index (κ3) is 1.33. The molecule has 0 unspecified atom stereocenters. The summed E-state index contributed by atoms with van der Waals surface area (Å²) in [7, 11) is 0. The second kappa shape index (κ2) is 3.28. The molecule has 1 aromatic carbocycles. The Labute approximate surface area is 88.3 Å². The van der Waals surface area contributed by atoms with Gasteiger partial charge in [0.1, 0.15) is 0 Å². The van der Waals surface area contributed by atoms with Gasteiger partial charge in [-0.3, -0.25) is 0 Å². The molecule has 0 N–H and O–H groups in total. The predicted octanol–water partition coefficient (Wildman–Crippen LogP) is 3.85. The molecule has 0 aromatic heterocycles. The van der Waals surface area contributed by atoms with Crippen molar-refractivity contribution in [2.24, 2.45) is 0 Å². The molecule has 0 bridgehead atoms. The van der Waals surface area contributed by atoms with Crippen molar-refractivity contribution in [3.05, 3.63) is 61.1 Å². The van der Waals surface area contributed by atoms with Crippen LogP contribution in [-0.4, -0.2) is 0 Å². The van der Waals surface area contributed by atoms with Gasteiger partial charge in [0.15, 0.2) is 0 Å². The van der Waals surface area contributed by atoms with E-state index in [0.29, 0.717) is 0 Å². The molecule has 71 valence electrons. The Morgan fingerprint density at radius 3 is 2.47 bits per heavy atom. The van der Waals surface area contributed by atoms with Crippen molar-refractivity contribution < 1.29 is 4.42 Å². The van der Waals surface area contributed by atoms with Gasteiger partial charge in [-0.05, 0) is 28.8 Å². The summed E-state index contributed by atoms with van der Waals surface area (Å²) in [6.07, 6.45) is 3.48. The van der Waals surface area contributed by atoms with Gasteiger partial charge in [0.25, 0.3) is 0 Å². The molecule has 1 aromatic rings. The van der Waals surface area contributed by atoms with Gasteiger partial charge in [-0.2, -0.15) is 0 Å². The average molecular weight is 193 g/mol. The Kier molecular flexibility index (Phi) is 1.82. The third-order valence-corrected chi connectivity index (χ3v) is 2.57. The van der Waals surface area contributed by atoms with Gasteiger partial charge in [-0.1, -0.05) is 36.4 Å². The molecule has 1 heteroatoms. The highest BCUT2D eigenvalue weighted by molar-refractivity contribution is 5.85. The van der Waals surface area contributed by atoms with Crippen LogP contribution in [0.3, 0.4) is 0 Å². The average Bonchev–Trinajstić information content (AvgIpc) is 2.74. The molecule has 2 aliphatic rings. The maximum absolute atomic E-state index is 5.13. The zero-order valence-electron chi connectivity index (χ0n) is 8.10. The lowest BCUT2D eigenvalue weighted by molar-refractivity contribution is 0.552. The molecule has 3 rings (SSSR count). The van der Waals surface area contributed by atoms with E-state index < -0.39 is 0 Å². The Morgan fingerprint density at radius 1 is 0.800 bits per heavy atom. The Bertz CT molecular complexity index is 536. The second-order valence-corrected chi connectivity index (χ2v) is 3.46. The molecule has 0 spiro atoms. The molecule has 0 atom stereocenters. The summed E-state index contributed by atoms with van der Waals surface area (Å²) in [6.45, 7) is 0. The molecule has 0 saturated carbocycles. The molecule has 1 nitrogen and oxygen atoms in total. The summed E-state index contributed by atoms with van der Waals surface area (Å²) in [5.74, 6) is 0. The van der Waals surface area contributed by atoms with E-state index in [1.807, 2.05) is 18.2 Å². The number of fused-ring (bicyclic) bond motifs is 1. The fourth-order valence-corrected chi connectivity index (χ4v) is 1.84. The number of hydrogen-bond donors (Lipinski definition) is 0. The topological polar surface area (TPSA) is 13.1 Å².